The standard InChI is InChI=1S/C32H29ClF2N8O5/c33-22-15-19(1-2-20(22)31(45)41-10-5-18(6-11-41)30(44)42-12-8-37-23(17-42)32(46)47)40-28-29-39-16-24(43(29)13-9-38-28)21-3-4-25(48-14-7-36)27(35)26(21)34/h1-4,9,13,15-16,18,23,37H,5-6,8,10-12,14,17H2,(H,38,40)(H,46,47)/t23-/m1/s1. The van der Waals surface area contributed by atoms with Crippen molar-refractivity contribution in [3.8, 4) is 23.1 Å². The number of benzene rings is 2. The van der Waals surface area contributed by atoms with Crippen molar-refractivity contribution in [2.45, 2.75) is 18.9 Å². The number of piperazine rings is 1. The zero-order valence-electron chi connectivity index (χ0n) is 25.3. The highest BCUT2D eigenvalue weighted by Gasteiger charge is 2.34. The zero-order chi connectivity index (χ0) is 33.9. The topological polar surface area (TPSA) is 165 Å². The Morgan fingerprint density at radius 2 is 1.90 bits per heavy atom. The Kier molecular flexibility index (Phi) is 9.37. The highest BCUT2D eigenvalue weighted by Crippen LogP contribution is 2.32. The number of amides is 2. The lowest BCUT2D eigenvalue weighted by Gasteiger charge is -2.37. The van der Waals surface area contributed by atoms with E-state index in [9.17, 15) is 28.3 Å². The number of nitrogens with zero attached hydrogens (tertiary/aromatic N) is 6. The van der Waals surface area contributed by atoms with E-state index in [0.29, 0.717) is 56.2 Å². The number of likely N-dealkylation sites (tertiary alicyclic amines) is 1. The third-order valence-electron chi connectivity index (χ3n) is 8.42. The van der Waals surface area contributed by atoms with Crippen LogP contribution in [0.1, 0.15) is 23.2 Å². The number of carboxylic acids is 1. The average molecular weight is 679 g/mol. The van der Waals surface area contributed by atoms with Crippen LogP contribution in [0.2, 0.25) is 5.02 Å². The van der Waals surface area contributed by atoms with E-state index >= 15 is 0 Å². The quantitative estimate of drug-likeness (QED) is 0.250. The molecular formula is C32H29ClF2N8O5. The number of nitriles is 1. The van der Waals surface area contributed by atoms with Gasteiger partial charge in [0, 0.05) is 62.3 Å². The van der Waals surface area contributed by atoms with Crippen molar-refractivity contribution in [3.05, 3.63) is 71.1 Å². The lowest BCUT2D eigenvalue weighted by Crippen LogP contribution is -2.57. The molecule has 2 aromatic heterocycles. The van der Waals surface area contributed by atoms with Crippen LogP contribution in [0.5, 0.6) is 5.75 Å². The van der Waals surface area contributed by atoms with Gasteiger partial charge in [-0.15, -0.1) is 0 Å². The molecule has 48 heavy (non-hydrogen) atoms. The number of carboxylic acid groups (broad SMARTS) is 1. The van der Waals surface area contributed by atoms with E-state index in [1.54, 1.807) is 40.3 Å². The summed E-state index contributed by atoms with van der Waals surface area (Å²) in [5.74, 6) is -4.12. The molecular weight excluding hydrogens is 650 g/mol. The molecule has 0 aliphatic carbocycles. The molecule has 4 aromatic rings. The molecule has 0 saturated carbocycles. The number of hydrogen-bond acceptors (Lipinski definition) is 9. The molecule has 4 heterocycles. The van der Waals surface area contributed by atoms with Crippen LogP contribution in [0, 0.1) is 28.9 Å². The number of piperidine rings is 1. The minimum absolute atomic E-state index is 0.0728. The van der Waals surface area contributed by atoms with Crippen molar-refractivity contribution in [1.29, 1.82) is 5.26 Å². The Hall–Kier alpha value is -5.33. The second-order valence-corrected chi connectivity index (χ2v) is 11.7. The van der Waals surface area contributed by atoms with Crippen LogP contribution in [0.4, 0.5) is 20.3 Å². The van der Waals surface area contributed by atoms with Gasteiger partial charge in [-0.1, -0.05) is 11.6 Å². The smallest absolute Gasteiger partial charge is 0.322 e. The molecule has 16 heteroatoms. The van der Waals surface area contributed by atoms with E-state index in [2.05, 4.69) is 20.6 Å². The van der Waals surface area contributed by atoms with E-state index in [1.165, 1.54) is 28.9 Å². The van der Waals surface area contributed by atoms with Crippen molar-refractivity contribution in [3.63, 3.8) is 0 Å². The molecule has 2 fully saturated rings. The number of fused-ring (bicyclic) bond motifs is 1. The van der Waals surface area contributed by atoms with E-state index in [4.69, 9.17) is 21.6 Å². The zero-order valence-corrected chi connectivity index (χ0v) is 26.1. The third-order valence-corrected chi connectivity index (χ3v) is 8.73. The summed E-state index contributed by atoms with van der Waals surface area (Å²) in [6.45, 7) is 1.25. The first kappa shape index (κ1) is 32.6. The molecule has 0 radical (unpaired) electrons. The van der Waals surface area contributed by atoms with Crippen molar-refractivity contribution >= 4 is 46.5 Å². The largest absolute Gasteiger partial charge is 0.480 e. The number of nitrogens with one attached hydrogen (secondary N) is 2. The van der Waals surface area contributed by atoms with E-state index in [1.807, 2.05) is 0 Å². The van der Waals surface area contributed by atoms with Gasteiger partial charge >= 0.3 is 5.97 Å². The first-order chi connectivity index (χ1) is 23.2. The predicted octanol–water partition coefficient (Wildman–Crippen LogP) is 3.71. The number of ether oxygens (including phenoxy) is 1. The summed E-state index contributed by atoms with van der Waals surface area (Å²) in [5, 5.41) is 24.1. The molecule has 0 unspecified atom stereocenters. The third kappa shape index (κ3) is 6.44. The van der Waals surface area contributed by atoms with Crippen molar-refractivity contribution in [2.75, 3.05) is 44.6 Å². The van der Waals surface area contributed by atoms with Crippen LogP contribution in [-0.4, -0.2) is 92.4 Å². The molecule has 0 spiro atoms. The molecule has 2 saturated heterocycles. The number of aromatic nitrogens is 3. The maximum atomic E-state index is 15.0. The Bertz CT molecular complexity index is 1940. The summed E-state index contributed by atoms with van der Waals surface area (Å²) in [6, 6.07) is 8.30. The number of carbonyl (C=O) groups excluding carboxylic acids is 2. The van der Waals surface area contributed by atoms with Crippen LogP contribution < -0.4 is 15.4 Å². The number of imidazole rings is 1. The molecule has 13 nitrogen and oxygen atoms in total. The van der Waals surface area contributed by atoms with Crippen molar-refractivity contribution < 1.29 is 33.0 Å². The second-order valence-electron chi connectivity index (χ2n) is 11.3. The highest BCUT2D eigenvalue weighted by atomic mass is 35.5. The van der Waals surface area contributed by atoms with Gasteiger partial charge in [-0.3, -0.25) is 18.8 Å². The van der Waals surface area contributed by atoms with E-state index in [-0.39, 0.29) is 51.9 Å². The van der Waals surface area contributed by atoms with Gasteiger partial charge in [0.15, 0.2) is 29.6 Å². The minimum Gasteiger partial charge on any atom is -0.480 e. The Morgan fingerprint density at radius 1 is 1.10 bits per heavy atom. The fraction of sp³-hybridized carbons (Fsp3) is 0.312. The lowest BCUT2D eigenvalue weighted by molar-refractivity contribution is -0.144. The van der Waals surface area contributed by atoms with Crippen LogP contribution in [0.3, 0.4) is 0 Å². The van der Waals surface area contributed by atoms with E-state index in [0.717, 1.165) is 0 Å². The molecule has 2 aromatic carbocycles. The number of halogens is 3. The van der Waals surface area contributed by atoms with Gasteiger partial charge in [-0.05, 0) is 43.2 Å². The fourth-order valence-corrected chi connectivity index (χ4v) is 6.20. The van der Waals surface area contributed by atoms with Crippen molar-refractivity contribution in [1.82, 2.24) is 29.5 Å². The molecule has 3 N–H and O–H groups in total. The van der Waals surface area contributed by atoms with Gasteiger partial charge < -0.3 is 30.3 Å². The summed E-state index contributed by atoms with van der Waals surface area (Å²) in [5.41, 5.74) is 1.27. The van der Waals surface area contributed by atoms with E-state index < -0.39 is 30.3 Å². The minimum atomic E-state index is -1.22. The van der Waals surface area contributed by atoms with Gasteiger partial charge in [0.05, 0.1) is 22.5 Å². The van der Waals surface area contributed by atoms with Gasteiger partial charge in [-0.25, -0.2) is 14.4 Å². The maximum absolute atomic E-state index is 15.0. The summed E-state index contributed by atoms with van der Waals surface area (Å²) in [7, 11) is 0. The average Bonchev–Trinajstić information content (AvgIpc) is 3.53. The van der Waals surface area contributed by atoms with Gasteiger partial charge in [0.2, 0.25) is 11.7 Å². The van der Waals surface area contributed by atoms with Crippen LogP contribution in [0.25, 0.3) is 16.9 Å². The number of carbonyl (C=O) groups is 3. The summed E-state index contributed by atoms with van der Waals surface area (Å²) < 4.78 is 36.1. The lowest BCUT2D eigenvalue weighted by atomic mass is 9.94. The molecule has 248 valence electrons. The number of aliphatic carboxylic acids is 1. The Labute approximate surface area is 277 Å². The SMILES string of the molecule is N#CCOc1ccc(-c2cnc3c(Nc4ccc(C(=O)N5CCC(C(=O)N6CCN[C@@H](C(=O)O)C6)CC5)c(Cl)c4)nccn23)c(F)c1F. The van der Waals surface area contributed by atoms with Gasteiger partial charge in [0.25, 0.3) is 5.91 Å². The summed E-state index contributed by atoms with van der Waals surface area (Å²) in [4.78, 5) is 49.7. The Morgan fingerprint density at radius 3 is 2.62 bits per heavy atom. The predicted molar refractivity (Wildman–Crippen MR) is 169 cm³/mol. The van der Waals surface area contributed by atoms with Crippen LogP contribution in [0.15, 0.2) is 48.9 Å². The molecule has 6 rings (SSSR count). The van der Waals surface area contributed by atoms with Gasteiger partial charge in [0.1, 0.15) is 12.1 Å². The molecule has 0 bridgehead atoms. The maximum Gasteiger partial charge on any atom is 0.322 e. The molecule has 1 atom stereocenters. The molecule has 2 amide bonds. The van der Waals surface area contributed by atoms with Crippen LogP contribution in [-0.2, 0) is 9.59 Å². The number of rotatable bonds is 8. The van der Waals surface area contributed by atoms with Crippen LogP contribution >= 0.6 is 11.6 Å². The number of anilines is 2. The van der Waals surface area contributed by atoms with Crippen molar-refractivity contribution in [2.24, 2.45) is 5.92 Å². The fourth-order valence-electron chi connectivity index (χ4n) is 5.93. The first-order valence-electron chi connectivity index (χ1n) is 15.1. The molecule has 2 aliphatic heterocycles. The second kappa shape index (κ2) is 13.8. The number of hydrogen-bond donors (Lipinski definition) is 3. The monoisotopic (exact) mass is 678 g/mol. The Balaban J connectivity index is 1.12. The first-order valence-corrected chi connectivity index (χ1v) is 15.4. The normalized spacial score (nSPS) is 16.8. The highest BCUT2D eigenvalue weighted by molar-refractivity contribution is 6.34. The van der Waals surface area contributed by atoms with Gasteiger partial charge in [-0.2, -0.15) is 9.65 Å². The summed E-state index contributed by atoms with van der Waals surface area (Å²) >= 11 is 6.56. The molecule has 2 aliphatic rings. The summed E-state index contributed by atoms with van der Waals surface area (Å²) in [6.07, 6.45) is 5.29.